The van der Waals surface area contributed by atoms with Gasteiger partial charge in [-0.1, -0.05) is 79.6 Å². The van der Waals surface area contributed by atoms with Gasteiger partial charge in [-0.3, -0.25) is 9.59 Å². The first-order valence-electron chi connectivity index (χ1n) is 12.7. The summed E-state index contributed by atoms with van der Waals surface area (Å²) in [6.45, 7) is 7.15. The van der Waals surface area contributed by atoms with Crippen molar-refractivity contribution < 1.29 is 24.2 Å². The van der Waals surface area contributed by atoms with E-state index in [4.69, 9.17) is 9.47 Å². The number of hydrogen-bond acceptors (Lipinski definition) is 5. The lowest BCUT2D eigenvalue weighted by Gasteiger charge is -2.26. The smallest absolute Gasteiger partial charge is 0.295 e. The van der Waals surface area contributed by atoms with E-state index in [1.807, 2.05) is 74.5 Å². The van der Waals surface area contributed by atoms with Gasteiger partial charge in [-0.15, -0.1) is 0 Å². The van der Waals surface area contributed by atoms with Gasteiger partial charge in [-0.05, 0) is 43.5 Å². The van der Waals surface area contributed by atoms with Crippen molar-refractivity contribution in [2.75, 3.05) is 13.2 Å². The molecule has 192 valence electrons. The van der Waals surface area contributed by atoms with Crippen molar-refractivity contribution >= 4 is 17.4 Å². The van der Waals surface area contributed by atoms with Gasteiger partial charge in [0.15, 0.2) is 11.5 Å². The zero-order chi connectivity index (χ0) is 26.4. The number of nitrogens with zero attached hydrogens (tertiary/aromatic N) is 1. The Morgan fingerprint density at radius 1 is 0.919 bits per heavy atom. The zero-order valence-corrected chi connectivity index (χ0v) is 21.6. The largest absolute Gasteiger partial charge is 0.507 e. The third kappa shape index (κ3) is 5.69. The molecule has 1 saturated heterocycles. The second-order valence-corrected chi connectivity index (χ2v) is 9.12. The maximum atomic E-state index is 13.4. The second kappa shape index (κ2) is 11.8. The number of likely N-dealkylation sites (tertiary alicyclic amines) is 1. The molecule has 1 heterocycles. The summed E-state index contributed by atoms with van der Waals surface area (Å²) in [5.74, 6) is -0.404. The van der Waals surface area contributed by atoms with Crippen LogP contribution in [0.3, 0.4) is 0 Å². The molecule has 4 rings (SSSR count). The van der Waals surface area contributed by atoms with Crippen LogP contribution in [0.15, 0.2) is 78.4 Å². The fourth-order valence-electron chi connectivity index (χ4n) is 4.45. The molecule has 6 heteroatoms. The van der Waals surface area contributed by atoms with Crippen LogP contribution >= 0.6 is 0 Å². The van der Waals surface area contributed by atoms with Crippen LogP contribution in [0.4, 0.5) is 0 Å². The van der Waals surface area contributed by atoms with Gasteiger partial charge in [-0.25, -0.2) is 0 Å². The van der Waals surface area contributed by atoms with E-state index >= 15 is 0 Å². The highest BCUT2D eigenvalue weighted by atomic mass is 16.5. The third-order valence-electron chi connectivity index (χ3n) is 6.40. The van der Waals surface area contributed by atoms with Crippen LogP contribution in [0.2, 0.25) is 0 Å². The van der Waals surface area contributed by atoms with Crippen LogP contribution in [0.1, 0.15) is 55.0 Å². The fourth-order valence-corrected chi connectivity index (χ4v) is 4.45. The number of benzene rings is 3. The molecule has 1 unspecified atom stereocenters. The van der Waals surface area contributed by atoms with Crippen LogP contribution < -0.4 is 9.47 Å². The molecule has 1 N–H and O–H groups in total. The molecule has 0 aliphatic carbocycles. The number of rotatable bonds is 10. The van der Waals surface area contributed by atoms with Crippen molar-refractivity contribution in [2.24, 2.45) is 0 Å². The first-order valence-corrected chi connectivity index (χ1v) is 12.7. The molecule has 0 aromatic heterocycles. The molecule has 0 bridgehead atoms. The van der Waals surface area contributed by atoms with Crippen molar-refractivity contribution in [3.05, 3.63) is 101 Å². The number of hydrogen-bond donors (Lipinski definition) is 1. The Balaban J connectivity index is 1.83. The molecule has 3 aromatic carbocycles. The SMILES string of the molecule is CCCCOc1ccc(C2/C(=C(\O)c3ccc(C)cc3)C(=O)C(=O)N2Cc2ccccc2)cc1OCC. The van der Waals surface area contributed by atoms with Gasteiger partial charge in [0.1, 0.15) is 5.76 Å². The minimum atomic E-state index is -0.787. The number of aryl methyl sites for hydroxylation is 1. The molecule has 37 heavy (non-hydrogen) atoms. The number of aliphatic hydroxyl groups is 1. The van der Waals surface area contributed by atoms with Gasteiger partial charge in [0.2, 0.25) is 0 Å². The summed E-state index contributed by atoms with van der Waals surface area (Å²) >= 11 is 0. The molecule has 0 saturated carbocycles. The van der Waals surface area contributed by atoms with Crippen LogP contribution in [0.5, 0.6) is 11.5 Å². The van der Waals surface area contributed by atoms with Crippen LogP contribution in [0.25, 0.3) is 5.76 Å². The molecule has 6 nitrogen and oxygen atoms in total. The van der Waals surface area contributed by atoms with Gasteiger partial charge < -0.3 is 19.5 Å². The number of unbranched alkanes of at least 4 members (excludes halogenated alkanes) is 1. The Labute approximate surface area is 218 Å². The number of carbonyl (C=O) groups is 2. The molecule has 0 radical (unpaired) electrons. The second-order valence-electron chi connectivity index (χ2n) is 9.12. The Hall–Kier alpha value is -4.06. The van der Waals surface area contributed by atoms with E-state index in [2.05, 4.69) is 6.92 Å². The quantitative estimate of drug-likeness (QED) is 0.156. The van der Waals surface area contributed by atoms with Crippen molar-refractivity contribution in [3.8, 4) is 11.5 Å². The maximum absolute atomic E-state index is 13.4. The topological polar surface area (TPSA) is 76.1 Å². The lowest BCUT2D eigenvalue weighted by Crippen LogP contribution is -2.29. The number of amides is 1. The number of ketones is 1. The zero-order valence-electron chi connectivity index (χ0n) is 21.6. The average Bonchev–Trinajstić information content (AvgIpc) is 3.15. The molecule has 1 aliphatic heterocycles. The Kier molecular flexibility index (Phi) is 8.29. The first-order chi connectivity index (χ1) is 17.9. The summed E-state index contributed by atoms with van der Waals surface area (Å²) in [6, 6.07) is 21.4. The summed E-state index contributed by atoms with van der Waals surface area (Å²) in [6.07, 6.45) is 1.93. The van der Waals surface area contributed by atoms with E-state index in [9.17, 15) is 14.7 Å². The lowest BCUT2D eigenvalue weighted by molar-refractivity contribution is -0.140. The predicted molar refractivity (Wildman–Crippen MR) is 143 cm³/mol. The maximum Gasteiger partial charge on any atom is 0.295 e. The number of carbonyl (C=O) groups excluding carboxylic acids is 2. The highest BCUT2D eigenvalue weighted by molar-refractivity contribution is 6.46. The van der Waals surface area contributed by atoms with E-state index in [0.717, 1.165) is 24.0 Å². The highest BCUT2D eigenvalue weighted by Crippen LogP contribution is 2.42. The number of aliphatic hydroxyl groups excluding tert-OH is 1. The summed E-state index contributed by atoms with van der Waals surface area (Å²) in [5.41, 5.74) is 3.12. The van der Waals surface area contributed by atoms with Crippen LogP contribution in [-0.4, -0.2) is 34.9 Å². The predicted octanol–water partition coefficient (Wildman–Crippen LogP) is 6.19. The highest BCUT2D eigenvalue weighted by Gasteiger charge is 2.46. The van der Waals surface area contributed by atoms with E-state index in [1.54, 1.807) is 12.1 Å². The van der Waals surface area contributed by atoms with Crippen LogP contribution in [0, 0.1) is 6.92 Å². The Bertz CT molecular complexity index is 1280. The molecule has 1 amide bonds. The van der Waals surface area contributed by atoms with Crippen molar-refractivity contribution in [2.45, 2.75) is 46.2 Å². The van der Waals surface area contributed by atoms with E-state index in [1.165, 1.54) is 4.90 Å². The molecule has 3 aromatic rings. The van der Waals surface area contributed by atoms with Gasteiger partial charge in [0, 0.05) is 12.1 Å². The van der Waals surface area contributed by atoms with E-state index in [-0.39, 0.29) is 17.9 Å². The summed E-state index contributed by atoms with van der Waals surface area (Å²) in [4.78, 5) is 28.2. The van der Waals surface area contributed by atoms with Gasteiger partial charge in [0.05, 0.1) is 24.8 Å². The molecule has 1 aliphatic rings. The third-order valence-corrected chi connectivity index (χ3v) is 6.40. The van der Waals surface area contributed by atoms with Crippen LogP contribution in [-0.2, 0) is 16.1 Å². The molecule has 0 spiro atoms. The average molecular weight is 500 g/mol. The van der Waals surface area contributed by atoms with Gasteiger partial charge >= 0.3 is 0 Å². The summed E-state index contributed by atoms with van der Waals surface area (Å²) in [5, 5.41) is 11.3. The van der Waals surface area contributed by atoms with Crippen molar-refractivity contribution in [1.29, 1.82) is 0 Å². The van der Waals surface area contributed by atoms with E-state index in [0.29, 0.717) is 35.8 Å². The number of Topliss-reactive ketones (excluding diaryl/α,β-unsaturated/α-hetero) is 1. The summed E-state index contributed by atoms with van der Waals surface area (Å²) in [7, 11) is 0. The Morgan fingerprint density at radius 2 is 1.65 bits per heavy atom. The molecule has 1 fully saturated rings. The van der Waals surface area contributed by atoms with Crippen molar-refractivity contribution in [1.82, 2.24) is 4.90 Å². The minimum absolute atomic E-state index is 0.0619. The van der Waals surface area contributed by atoms with Gasteiger partial charge in [-0.2, -0.15) is 0 Å². The van der Waals surface area contributed by atoms with Crippen molar-refractivity contribution in [3.63, 3.8) is 0 Å². The summed E-state index contributed by atoms with van der Waals surface area (Å²) < 4.78 is 11.8. The fraction of sp³-hybridized carbons (Fsp3) is 0.290. The standard InChI is InChI=1S/C31H33NO5/c1-4-6-18-37-25-17-16-24(19-26(25)36-5-2)28-27(29(33)23-14-12-21(3)13-15-23)30(34)31(35)32(28)20-22-10-8-7-9-11-22/h7-17,19,28,33H,4-6,18,20H2,1-3H3/b29-27+. The number of ether oxygens (including phenoxy) is 2. The molecule has 1 atom stereocenters. The first kappa shape index (κ1) is 26.0. The van der Waals surface area contributed by atoms with Gasteiger partial charge in [0.25, 0.3) is 11.7 Å². The normalized spacial score (nSPS) is 16.7. The molecular weight excluding hydrogens is 466 g/mol. The minimum Gasteiger partial charge on any atom is -0.507 e. The lowest BCUT2D eigenvalue weighted by atomic mass is 9.94. The Morgan fingerprint density at radius 3 is 2.32 bits per heavy atom. The monoisotopic (exact) mass is 499 g/mol. The van der Waals surface area contributed by atoms with E-state index < -0.39 is 17.7 Å². The molecular formula is C31H33NO5.